The number of methoxy groups -OCH3 is 1. The Morgan fingerprint density at radius 3 is 2.13 bits per heavy atom. The van der Waals surface area contributed by atoms with Gasteiger partial charge < -0.3 is 19.8 Å². The lowest BCUT2D eigenvalue weighted by Gasteiger charge is -2.18. The van der Waals surface area contributed by atoms with Crippen molar-refractivity contribution >= 4 is 40.5 Å². The van der Waals surface area contributed by atoms with E-state index in [1.54, 1.807) is 35.7 Å². The zero-order valence-electron chi connectivity index (χ0n) is 22.2. The predicted molar refractivity (Wildman–Crippen MR) is 151 cm³/mol. The highest BCUT2D eigenvalue weighted by Gasteiger charge is 2.24. The van der Waals surface area contributed by atoms with Crippen molar-refractivity contribution in [2.24, 2.45) is 0 Å². The van der Waals surface area contributed by atoms with Gasteiger partial charge in [0.2, 0.25) is 5.91 Å². The molecule has 196 valence electrons. The van der Waals surface area contributed by atoms with E-state index in [0.29, 0.717) is 38.9 Å². The summed E-state index contributed by atoms with van der Waals surface area (Å²) >= 11 is 1.21. The number of anilines is 2. The SMILES string of the molecule is COC(=O)c1scc(C)c1NC(=O)c1cc(-c2ccc(C(C)(C)C)cc2)oc1-c1ccc(NC(C)=O)cc1. The molecule has 0 radical (unpaired) electrons. The highest BCUT2D eigenvalue weighted by atomic mass is 32.1. The molecule has 0 saturated carbocycles. The molecule has 0 spiro atoms. The molecule has 2 N–H and O–H groups in total. The lowest BCUT2D eigenvalue weighted by molar-refractivity contribution is -0.114. The van der Waals surface area contributed by atoms with E-state index in [-0.39, 0.29) is 11.3 Å². The number of ether oxygens (including phenoxy) is 1. The molecule has 0 fully saturated rings. The van der Waals surface area contributed by atoms with Crippen LogP contribution in [0.3, 0.4) is 0 Å². The minimum atomic E-state index is -0.515. The monoisotopic (exact) mass is 530 g/mol. The Balaban J connectivity index is 1.76. The van der Waals surface area contributed by atoms with Gasteiger partial charge in [-0.15, -0.1) is 11.3 Å². The van der Waals surface area contributed by atoms with Crippen LogP contribution in [0, 0.1) is 6.92 Å². The van der Waals surface area contributed by atoms with E-state index < -0.39 is 11.9 Å². The van der Waals surface area contributed by atoms with Gasteiger partial charge in [-0.2, -0.15) is 0 Å². The molecule has 0 aliphatic carbocycles. The average Bonchev–Trinajstić information content (AvgIpc) is 3.48. The van der Waals surface area contributed by atoms with Crippen LogP contribution in [0.1, 0.15) is 58.9 Å². The third-order valence-electron chi connectivity index (χ3n) is 6.06. The number of rotatable bonds is 6. The van der Waals surface area contributed by atoms with Crippen molar-refractivity contribution < 1.29 is 23.5 Å². The van der Waals surface area contributed by atoms with Crippen LogP contribution in [-0.2, 0) is 14.9 Å². The lowest BCUT2D eigenvalue weighted by atomic mass is 9.86. The molecule has 7 nitrogen and oxygen atoms in total. The molecule has 8 heteroatoms. The topological polar surface area (TPSA) is 97.6 Å². The molecule has 2 amide bonds. The van der Waals surface area contributed by atoms with Gasteiger partial charge in [0.1, 0.15) is 16.4 Å². The number of furan rings is 1. The number of esters is 1. The van der Waals surface area contributed by atoms with Crippen molar-refractivity contribution in [2.75, 3.05) is 17.7 Å². The van der Waals surface area contributed by atoms with Crippen LogP contribution in [-0.4, -0.2) is 24.9 Å². The summed E-state index contributed by atoms with van der Waals surface area (Å²) < 4.78 is 11.1. The van der Waals surface area contributed by atoms with Gasteiger partial charge in [0.25, 0.3) is 5.91 Å². The van der Waals surface area contributed by atoms with E-state index in [1.165, 1.54) is 30.9 Å². The van der Waals surface area contributed by atoms with Gasteiger partial charge in [-0.3, -0.25) is 9.59 Å². The summed E-state index contributed by atoms with van der Waals surface area (Å²) in [5.41, 5.74) is 4.79. The molecule has 2 aromatic carbocycles. The fourth-order valence-corrected chi connectivity index (χ4v) is 4.90. The molecule has 0 bridgehead atoms. The molecule has 4 rings (SSSR count). The van der Waals surface area contributed by atoms with Crippen LogP contribution in [0.15, 0.2) is 64.4 Å². The summed E-state index contributed by atoms with van der Waals surface area (Å²) in [7, 11) is 1.30. The Kier molecular flexibility index (Phi) is 7.55. The second-order valence-corrected chi connectivity index (χ2v) is 10.9. The molecule has 2 aromatic heterocycles. The van der Waals surface area contributed by atoms with E-state index in [4.69, 9.17) is 9.15 Å². The number of hydrogen-bond acceptors (Lipinski definition) is 6. The molecule has 2 heterocycles. The van der Waals surface area contributed by atoms with E-state index in [0.717, 1.165) is 11.1 Å². The number of carbonyl (C=O) groups excluding carboxylic acids is 3. The molecule has 0 unspecified atom stereocenters. The predicted octanol–water partition coefficient (Wildman–Crippen LogP) is 7.28. The van der Waals surface area contributed by atoms with Crippen molar-refractivity contribution in [1.82, 2.24) is 0 Å². The molecular weight excluding hydrogens is 500 g/mol. The lowest BCUT2D eigenvalue weighted by Crippen LogP contribution is -2.15. The minimum Gasteiger partial charge on any atom is -0.465 e. The maximum absolute atomic E-state index is 13.6. The van der Waals surface area contributed by atoms with Gasteiger partial charge in [0.05, 0.1) is 18.4 Å². The first kappa shape index (κ1) is 26.9. The summed E-state index contributed by atoms with van der Waals surface area (Å²) in [6, 6.07) is 16.8. The third kappa shape index (κ3) is 5.70. The first-order valence-electron chi connectivity index (χ1n) is 12.1. The summed E-state index contributed by atoms with van der Waals surface area (Å²) in [5, 5.41) is 7.41. The number of nitrogens with one attached hydrogen (secondary N) is 2. The van der Waals surface area contributed by atoms with Crippen molar-refractivity contribution in [3.8, 4) is 22.6 Å². The van der Waals surface area contributed by atoms with Gasteiger partial charge in [0, 0.05) is 23.7 Å². The highest BCUT2D eigenvalue weighted by molar-refractivity contribution is 7.12. The van der Waals surface area contributed by atoms with E-state index >= 15 is 0 Å². The van der Waals surface area contributed by atoms with E-state index in [9.17, 15) is 14.4 Å². The molecular formula is C30H30N2O5S. The second-order valence-electron chi connectivity index (χ2n) is 10.0. The molecule has 0 saturated heterocycles. The number of benzene rings is 2. The van der Waals surface area contributed by atoms with E-state index in [2.05, 4.69) is 43.5 Å². The Morgan fingerprint density at radius 1 is 0.921 bits per heavy atom. The first-order chi connectivity index (χ1) is 18.0. The average molecular weight is 531 g/mol. The molecule has 38 heavy (non-hydrogen) atoms. The summed E-state index contributed by atoms with van der Waals surface area (Å²) in [6.07, 6.45) is 0. The summed E-state index contributed by atoms with van der Waals surface area (Å²) in [4.78, 5) is 37.6. The highest BCUT2D eigenvalue weighted by Crippen LogP contribution is 2.36. The van der Waals surface area contributed by atoms with Gasteiger partial charge in [-0.25, -0.2) is 4.79 Å². The van der Waals surface area contributed by atoms with Crippen molar-refractivity contribution in [3.63, 3.8) is 0 Å². The van der Waals surface area contributed by atoms with Gasteiger partial charge in [0.15, 0.2) is 0 Å². The van der Waals surface area contributed by atoms with Crippen molar-refractivity contribution in [1.29, 1.82) is 0 Å². The maximum Gasteiger partial charge on any atom is 0.350 e. The fourth-order valence-electron chi connectivity index (χ4n) is 3.98. The smallest absolute Gasteiger partial charge is 0.350 e. The van der Waals surface area contributed by atoms with Gasteiger partial charge in [-0.05, 0) is 59.2 Å². The molecule has 0 aliphatic rings. The molecule has 4 aromatic rings. The second kappa shape index (κ2) is 10.7. The maximum atomic E-state index is 13.6. The summed E-state index contributed by atoms with van der Waals surface area (Å²) in [6.45, 7) is 9.70. The quantitative estimate of drug-likeness (QED) is 0.255. The van der Waals surface area contributed by atoms with Crippen LogP contribution in [0.4, 0.5) is 11.4 Å². The van der Waals surface area contributed by atoms with Crippen LogP contribution in [0.25, 0.3) is 22.6 Å². The zero-order chi connectivity index (χ0) is 27.6. The Bertz CT molecular complexity index is 1490. The fraction of sp³-hybridized carbons (Fsp3) is 0.233. The largest absolute Gasteiger partial charge is 0.465 e. The Hall–Kier alpha value is -4.17. The molecule has 0 aliphatic heterocycles. The van der Waals surface area contributed by atoms with Gasteiger partial charge in [-0.1, -0.05) is 45.0 Å². The standard InChI is InChI=1S/C30H30N2O5S/c1-17-16-38-27(29(35)36-6)25(17)32-28(34)23-15-24(19-7-11-21(12-8-19)30(3,4)5)37-26(23)20-9-13-22(14-10-20)31-18(2)33/h7-16H,1-6H3,(H,31,33)(H,32,34). The molecule has 0 atom stereocenters. The number of thiophene rings is 1. The Labute approximate surface area is 225 Å². The van der Waals surface area contributed by atoms with Crippen molar-refractivity contribution in [3.05, 3.63) is 81.5 Å². The number of hydrogen-bond donors (Lipinski definition) is 2. The zero-order valence-corrected chi connectivity index (χ0v) is 23.0. The first-order valence-corrected chi connectivity index (χ1v) is 13.0. The van der Waals surface area contributed by atoms with Crippen molar-refractivity contribution in [2.45, 2.75) is 40.0 Å². The van der Waals surface area contributed by atoms with E-state index in [1.807, 2.05) is 19.1 Å². The third-order valence-corrected chi connectivity index (χ3v) is 7.14. The van der Waals surface area contributed by atoms with Crippen LogP contribution >= 0.6 is 11.3 Å². The number of aryl methyl sites for hydroxylation is 1. The number of carbonyl (C=O) groups is 3. The van der Waals surface area contributed by atoms with Crippen LogP contribution < -0.4 is 10.6 Å². The minimum absolute atomic E-state index is 0.00327. The van der Waals surface area contributed by atoms with Crippen LogP contribution in [0.5, 0.6) is 0 Å². The Morgan fingerprint density at radius 2 is 1.55 bits per heavy atom. The van der Waals surface area contributed by atoms with Gasteiger partial charge >= 0.3 is 5.97 Å². The normalized spacial score (nSPS) is 11.2. The summed E-state index contributed by atoms with van der Waals surface area (Å²) in [5.74, 6) is -0.201. The van der Waals surface area contributed by atoms with Crippen LogP contribution in [0.2, 0.25) is 0 Å². The number of amides is 2.